The summed E-state index contributed by atoms with van der Waals surface area (Å²) in [7, 11) is 2.23. The number of piperidine rings is 1. The average molecular weight is 466 g/mol. The quantitative estimate of drug-likeness (QED) is 0.727. The van der Waals surface area contributed by atoms with Gasteiger partial charge < -0.3 is 14.7 Å². The van der Waals surface area contributed by atoms with Crippen molar-refractivity contribution in [3.63, 3.8) is 0 Å². The van der Waals surface area contributed by atoms with Gasteiger partial charge in [-0.3, -0.25) is 4.90 Å². The maximum atomic E-state index is 10.6. The van der Waals surface area contributed by atoms with Crippen LogP contribution in [0.15, 0.2) is 48.7 Å². The molecule has 0 bridgehead atoms. The number of likely N-dealkylation sites (N-methyl/N-ethyl adjacent to an activating group) is 1. The second-order valence-corrected chi connectivity index (χ2v) is 8.69. The number of aliphatic carboxylic acids is 1. The highest BCUT2D eigenvalue weighted by Crippen LogP contribution is 2.38. The van der Waals surface area contributed by atoms with Crippen molar-refractivity contribution in [3.8, 4) is 0 Å². The lowest BCUT2D eigenvalue weighted by molar-refractivity contribution is -0.192. The lowest BCUT2D eigenvalue weighted by atomic mass is 9.87. The van der Waals surface area contributed by atoms with E-state index in [0.29, 0.717) is 6.04 Å². The van der Waals surface area contributed by atoms with E-state index in [2.05, 4.69) is 65.2 Å². The van der Waals surface area contributed by atoms with Gasteiger partial charge in [-0.2, -0.15) is 13.2 Å². The van der Waals surface area contributed by atoms with Crippen LogP contribution in [-0.2, 0) is 16.1 Å². The number of alkyl halides is 3. The van der Waals surface area contributed by atoms with Gasteiger partial charge in [0.15, 0.2) is 0 Å². The molecule has 1 unspecified atom stereocenters. The second-order valence-electron chi connectivity index (χ2n) is 8.69. The predicted octanol–water partition coefficient (Wildman–Crippen LogP) is 4.28. The number of nitrogens with zero attached hydrogens (tertiary/aromatic N) is 3. The van der Waals surface area contributed by atoms with Gasteiger partial charge in [0.25, 0.3) is 0 Å². The Balaban J connectivity index is 0.000000383. The third kappa shape index (κ3) is 6.68. The highest BCUT2D eigenvalue weighted by molar-refractivity contribution is 5.73. The Morgan fingerprint density at radius 2 is 1.85 bits per heavy atom. The molecule has 6 nitrogen and oxygen atoms in total. The lowest BCUT2D eigenvalue weighted by Crippen LogP contribution is -2.45. The standard InChI is InChI=1S/C22H29N3O.C2HF3O2/c1-18-7-6-12-23-21(18)25-13-10-22(11-14-25)15-20(17-26-22)24(2)16-19-8-4-3-5-9-19;3-2(4,5)1(6)7/h3-9,12,20H,10-11,13-17H2,1-2H3;(H,6,7). The highest BCUT2D eigenvalue weighted by Gasteiger charge is 2.44. The van der Waals surface area contributed by atoms with Gasteiger partial charge in [-0.15, -0.1) is 0 Å². The van der Waals surface area contributed by atoms with Crippen LogP contribution >= 0.6 is 0 Å². The second kappa shape index (κ2) is 10.5. The van der Waals surface area contributed by atoms with Gasteiger partial charge in [-0.1, -0.05) is 36.4 Å². The fraction of sp³-hybridized carbons (Fsp3) is 0.500. The molecule has 2 aliphatic heterocycles. The number of hydrogen-bond acceptors (Lipinski definition) is 5. The number of ether oxygens (including phenoxy) is 1. The van der Waals surface area contributed by atoms with Crippen molar-refractivity contribution in [2.24, 2.45) is 0 Å². The van der Waals surface area contributed by atoms with Gasteiger partial charge >= 0.3 is 12.1 Å². The Labute approximate surface area is 192 Å². The number of carboxylic acids is 1. The monoisotopic (exact) mass is 465 g/mol. The van der Waals surface area contributed by atoms with E-state index in [1.54, 1.807) is 0 Å². The lowest BCUT2D eigenvalue weighted by Gasteiger charge is -2.40. The number of aryl methyl sites for hydroxylation is 1. The molecule has 3 heterocycles. The van der Waals surface area contributed by atoms with Crippen molar-refractivity contribution in [1.29, 1.82) is 0 Å². The van der Waals surface area contributed by atoms with Crippen molar-refractivity contribution in [2.75, 3.05) is 31.6 Å². The maximum absolute atomic E-state index is 10.6. The van der Waals surface area contributed by atoms with Crippen LogP contribution in [0.25, 0.3) is 0 Å². The highest BCUT2D eigenvalue weighted by atomic mass is 19.4. The summed E-state index contributed by atoms with van der Waals surface area (Å²) >= 11 is 0. The molecule has 180 valence electrons. The van der Waals surface area contributed by atoms with Crippen LogP contribution in [0.2, 0.25) is 0 Å². The number of halogens is 3. The molecule has 33 heavy (non-hydrogen) atoms. The van der Waals surface area contributed by atoms with Crippen LogP contribution in [0.5, 0.6) is 0 Å². The molecule has 9 heteroatoms. The first-order valence-electron chi connectivity index (χ1n) is 10.9. The Morgan fingerprint density at radius 3 is 2.42 bits per heavy atom. The van der Waals surface area contributed by atoms with Gasteiger partial charge in [0.2, 0.25) is 0 Å². The predicted molar refractivity (Wildman–Crippen MR) is 119 cm³/mol. The Kier molecular flexibility index (Phi) is 7.97. The molecule has 2 saturated heterocycles. The summed E-state index contributed by atoms with van der Waals surface area (Å²) < 4.78 is 38.1. The number of hydrogen-bond donors (Lipinski definition) is 1. The van der Waals surface area contributed by atoms with E-state index in [9.17, 15) is 13.2 Å². The molecule has 2 aliphatic rings. The summed E-state index contributed by atoms with van der Waals surface area (Å²) in [4.78, 5) is 18.4. The fourth-order valence-electron chi connectivity index (χ4n) is 4.39. The van der Waals surface area contributed by atoms with Gasteiger partial charge in [-0.05, 0) is 50.4 Å². The molecule has 1 N–H and O–H groups in total. The van der Waals surface area contributed by atoms with E-state index >= 15 is 0 Å². The first kappa shape index (κ1) is 25.0. The van der Waals surface area contributed by atoms with Crippen LogP contribution in [-0.4, -0.2) is 65.5 Å². The molecule has 0 saturated carbocycles. The summed E-state index contributed by atoms with van der Waals surface area (Å²) in [6.07, 6.45) is 0.149. The number of rotatable bonds is 4. The maximum Gasteiger partial charge on any atom is 0.490 e. The first-order chi connectivity index (χ1) is 15.6. The Morgan fingerprint density at radius 1 is 1.21 bits per heavy atom. The van der Waals surface area contributed by atoms with Crippen LogP contribution in [0.3, 0.4) is 0 Å². The van der Waals surface area contributed by atoms with Crippen molar-refractivity contribution in [3.05, 3.63) is 59.8 Å². The zero-order valence-electron chi connectivity index (χ0n) is 18.9. The number of pyridine rings is 1. The molecule has 1 aromatic heterocycles. The molecule has 1 spiro atoms. The van der Waals surface area contributed by atoms with Crippen molar-refractivity contribution >= 4 is 11.8 Å². The average Bonchev–Trinajstić information content (AvgIpc) is 3.19. The molecule has 0 aliphatic carbocycles. The number of benzene rings is 1. The number of carboxylic acid groups (broad SMARTS) is 1. The summed E-state index contributed by atoms with van der Waals surface area (Å²) in [6, 6.07) is 15.4. The smallest absolute Gasteiger partial charge is 0.475 e. The van der Waals surface area contributed by atoms with Gasteiger partial charge in [0.1, 0.15) is 5.82 Å². The van der Waals surface area contributed by atoms with E-state index in [1.165, 1.54) is 11.1 Å². The molecular weight excluding hydrogens is 435 g/mol. The number of anilines is 1. The van der Waals surface area contributed by atoms with Gasteiger partial charge in [0, 0.05) is 31.9 Å². The minimum absolute atomic E-state index is 0.0643. The molecule has 1 atom stereocenters. The van der Waals surface area contributed by atoms with Crippen molar-refractivity contribution < 1.29 is 27.8 Å². The topological polar surface area (TPSA) is 65.9 Å². The number of carbonyl (C=O) groups is 1. The zero-order chi connectivity index (χ0) is 24.1. The summed E-state index contributed by atoms with van der Waals surface area (Å²) in [5.41, 5.74) is 2.70. The summed E-state index contributed by atoms with van der Waals surface area (Å²) in [6.45, 7) is 6.06. The number of aromatic nitrogens is 1. The van der Waals surface area contributed by atoms with E-state index in [-0.39, 0.29) is 5.60 Å². The Bertz CT molecular complexity index is 916. The molecular formula is C24H30F3N3O3. The third-order valence-corrected chi connectivity index (χ3v) is 6.29. The molecule has 4 rings (SSSR count). The van der Waals surface area contributed by atoms with E-state index in [4.69, 9.17) is 14.6 Å². The van der Waals surface area contributed by atoms with Crippen LogP contribution in [0.4, 0.5) is 19.0 Å². The van der Waals surface area contributed by atoms with Crippen LogP contribution in [0.1, 0.15) is 30.4 Å². The zero-order valence-corrected chi connectivity index (χ0v) is 18.9. The van der Waals surface area contributed by atoms with E-state index in [0.717, 1.165) is 51.3 Å². The molecule has 2 aromatic rings. The van der Waals surface area contributed by atoms with Gasteiger partial charge in [0.05, 0.1) is 12.2 Å². The normalized spacial score (nSPS) is 19.9. The summed E-state index contributed by atoms with van der Waals surface area (Å²) in [5, 5.41) is 7.12. The van der Waals surface area contributed by atoms with Crippen LogP contribution in [0, 0.1) is 6.92 Å². The van der Waals surface area contributed by atoms with Crippen LogP contribution < -0.4 is 4.90 Å². The summed E-state index contributed by atoms with van der Waals surface area (Å²) in [5.74, 6) is -1.62. The SMILES string of the molecule is Cc1cccnc1N1CCC2(CC1)CC(N(C)Cc1ccccc1)CO2.O=C(O)C(F)(F)F. The van der Waals surface area contributed by atoms with Crippen molar-refractivity contribution in [2.45, 2.75) is 50.6 Å². The fourth-order valence-corrected chi connectivity index (χ4v) is 4.39. The molecule has 0 amide bonds. The molecule has 0 radical (unpaired) electrons. The van der Waals surface area contributed by atoms with E-state index < -0.39 is 12.1 Å². The van der Waals surface area contributed by atoms with Gasteiger partial charge in [-0.25, -0.2) is 9.78 Å². The van der Waals surface area contributed by atoms with E-state index in [1.807, 2.05) is 12.3 Å². The third-order valence-electron chi connectivity index (χ3n) is 6.29. The minimum atomic E-state index is -5.08. The molecule has 2 fully saturated rings. The molecule has 1 aromatic carbocycles. The Hall–Kier alpha value is -2.65. The minimum Gasteiger partial charge on any atom is -0.475 e. The first-order valence-corrected chi connectivity index (χ1v) is 10.9. The largest absolute Gasteiger partial charge is 0.490 e. The van der Waals surface area contributed by atoms with Crippen molar-refractivity contribution in [1.82, 2.24) is 9.88 Å².